The summed E-state index contributed by atoms with van der Waals surface area (Å²) in [5.74, 6) is 1.84. The summed E-state index contributed by atoms with van der Waals surface area (Å²) < 4.78 is 0. The molecule has 0 saturated carbocycles. The Kier molecular flexibility index (Phi) is 3.50. The summed E-state index contributed by atoms with van der Waals surface area (Å²) in [6, 6.07) is 4.14. The minimum absolute atomic E-state index is 0.494. The Morgan fingerprint density at radius 3 is 2.50 bits per heavy atom. The first-order chi connectivity index (χ1) is 6.56. The number of aromatic nitrogens is 1. The Labute approximate surface area is 86.5 Å². The second kappa shape index (κ2) is 4.45. The molecule has 1 aromatic heterocycles. The Morgan fingerprint density at radius 2 is 2.00 bits per heavy atom. The van der Waals surface area contributed by atoms with E-state index in [0.717, 1.165) is 5.69 Å². The monoisotopic (exact) mass is 192 g/mol. The minimum Gasteiger partial charge on any atom is -0.383 e. The Morgan fingerprint density at radius 1 is 1.36 bits per heavy atom. The van der Waals surface area contributed by atoms with E-state index in [0.29, 0.717) is 17.7 Å². The Hall–Kier alpha value is -1.05. The fraction of sp³-hybridized carbons (Fsp3) is 0.583. The number of hydrogen-bond acceptors (Lipinski definition) is 2. The molecule has 0 fully saturated rings. The highest BCUT2D eigenvalue weighted by molar-refractivity contribution is 5.42. The van der Waals surface area contributed by atoms with Crippen molar-refractivity contribution >= 4 is 5.82 Å². The summed E-state index contributed by atoms with van der Waals surface area (Å²) in [5.41, 5.74) is 8.08. The van der Waals surface area contributed by atoms with E-state index in [1.165, 1.54) is 12.0 Å². The second-order valence-corrected chi connectivity index (χ2v) is 4.10. The highest BCUT2D eigenvalue weighted by Crippen LogP contribution is 2.29. The molecule has 0 aliphatic carbocycles. The van der Waals surface area contributed by atoms with E-state index < -0.39 is 0 Å². The normalized spacial score (nSPS) is 15.1. The van der Waals surface area contributed by atoms with E-state index in [9.17, 15) is 0 Å². The fourth-order valence-electron chi connectivity index (χ4n) is 1.63. The van der Waals surface area contributed by atoms with Crippen molar-refractivity contribution in [3.63, 3.8) is 0 Å². The summed E-state index contributed by atoms with van der Waals surface area (Å²) in [5, 5.41) is 0. The first-order valence-corrected chi connectivity index (χ1v) is 5.29. The number of hydrogen-bond donors (Lipinski definition) is 1. The van der Waals surface area contributed by atoms with Crippen LogP contribution in [0.1, 0.15) is 44.4 Å². The van der Waals surface area contributed by atoms with Crippen molar-refractivity contribution in [3.05, 3.63) is 23.4 Å². The van der Waals surface area contributed by atoms with Gasteiger partial charge in [-0.25, -0.2) is 4.98 Å². The molecule has 1 aromatic rings. The van der Waals surface area contributed by atoms with Gasteiger partial charge in [0.25, 0.3) is 0 Å². The number of nitrogen functional groups attached to an aromatic ring is 1. The van der Waals surface area contributed by atoms with E-state index in [2.05, 4.69) is 31.8 Å². The van der Waals surface area contributed by atoms with E-state index in [4.69, 9.17) is 5.73 Å². The lowest BCUT2D eigenvalue weighted by atomic mass is 9.87. The minimum atomic E-state index is 0.494. The van der Waals surface area contributed by atoms with Gasteiger partial charge in [0.1, 0.15) is 5.82 Å². The maximum atomic E-state index is 5.90. The van der Waals surface area contributed by atoms with Gasteiger partial charge in [-0.2, -0.15) is 0 Å². The van der Waals surface area contributed by atoms with Crippen molar-refractivity contribution in [2.24, 2.45) is 5.92 Å². The number of rotatable bonds is 3. The van der Waals surface area contributed by atoms with Crippen LogP contribution < -0.4 is 5.73 Å². The SMILES string of the molecule is CCC(C)C(C)c1ccc(C)nc1N. The Bertz CT molecular complexity index is 307. The van der Waals surface area contributed by atoms with Crippen molar-refractivity contribution in [3.8, 4) is 0 Å². The highest BCUT2D eigenvalue weighted by atomic mass is 14.8. The maximum Gasteiger partial charge on any atom is 0.127 e. The fourth-order valence-corrected chi connectivity index (χ4v) is 1.63. The molecular weight excluding hydrogens is 172 g/mol. The van der Waals surface area contributed by atoms with Crippen molar-refractivity contribution < 1.29 is 0 Å². The van der Waals surface area contributed by atoms with Crippen LogP contribution in [0.3, 0.4) is 0 Å². The molecule has 1 rings (SSSR count). The lowest BCUT2D eigenvalue weighted by Gasteiger charge is -2.19. The van der Waals surface area contributed by atoms with Gasteiger partial charge in [-0.1, -0.05) is 33.3 Å². The molecule has 2 heteroatoms. The van der Waals surface area contributed by atoms with Gasteiger partial charge in [-0.15, -0.1) is 0 Å². The predicted molar refractivity (Wildman–Crippen MR) is 61.3 cm³/mol. The standard InChI is InChI=1S/C12H20N2/c1-5-8(2)10(4)11-7-6-9(3)14-12(11)13/h6-8,10H,5H2,1-4H3,(H2,13,14). The van der Waals surface area contributed by atoms with Gasteiger partial charge in [-0.05, 0) is 30.4 Å². The smallest absolute Gasteiger partial charge is 0.127 e. The lowest BCUT2D eigenvalue weighted by molar-refractivity contribution is 0.473. The molecule has 2 nitrogen and oxygen atoms in total. The second-order valence-electron chi connectivity index (χ2n) is 4.10. The van der Waals surface area contributed by atoms with Crippen molar-refractivity contribution in [2.75, 3.05) is 5.73 Å². The molecule has 0 saturated heterocycles. The zero-order valence-corrected chi connectivity index (χ0v) is 9.54. The first kappa shape index (κ1) is 11.0. The molecular formula is C12H20N2. The maximum absolute atomic E-state index is 5.90. The number of anilines is 1. The molecule has 2 N–H and O–H groups in total. The molecule has 0 amide bonds. The molecule has 0 bridgehead atoms. The number of aryl methyl sites for hydroxylation is 1. The van der Waals surface area contributed by atoms with Crippen molar-refractivity contribution in [1.29, 1.82) is 0 Å². The van der Waals surface area contributed by atoms with Crippen LogP contribution in [0.15, 0.2) is 12.1 Å². The summed E-state index contributed by atoms with van der Waals surface area (Å²) >= 11 is 0. The van der Waals surface area contributed by atoms with Crippen LogP contribution in [-0.4, -0.2) is 4.98 Å². The van der Waals surface area contributed by atoms with Gasteiger partial charge in [0, 0.05) is 5.69 Å². The molecule has 0 spiro atoms. The highest BCUT2D eigenvalue weighted by Gasteiger charge is 2.15. The number of nitrogens with zero attached hydrogens (tertiary/aromatic N) is 1. The van der Waals surface area contributed by atoms with Gasteiger partial charge in [-0.3, -0.25) is 0 Å². The molecule has 14 heavy (non-hydrogen) atoms. The predicted octanol–water partition coefficient (Wildman–Crippen LogP) is 3.12. The molecule has 1 heterocycles. The van der Waals surface area contributed by atoms with Crippen LogP contribution in [0.2, 0.25) is 0 Å². The molecule has 0 aliphatic rings. The van der Waals surface area contributed by atoms with Crippen molar-refractivity contribution in [1.82, 2.24) is 4.98 Å². The van der Waals surface area contributed by atoms with Gasteiger partial charge in [0.2, 0.25) is 0 Å². The summed E-state index contributed by atoms with van der Waals surface area (Å²) in [4.78, 5) is 4.29. The van der Waals surface area contributed by atoms with Crippen LogP contribution in [0.25, 0.3) is 0 Å². The van der Waals surface area contributed by atoms with Crippen LogP contribution in [-0.2, 0) is 0 Å². The molecule has 0 aliphatic heterocycles. The van der Waals surface area contributed by atoms with E-state index in [1.54, 1.807) is 0 Å². The average molecular weight is 192 g/mol. The Balaban J connectivity index is 2.95. The molecule has 0 radical (unpaired) electrons. The third kappa shape index (κ3) is 2.25. The largest absolute Gasteiger partial charge is 0.383 e. The zero-order chi connectivity index (χ0) is 10.7. The van der Waals surface area contributed by atoms with Crippen LogP contribution in [0.5, 0.6) is 0 Å². The lowest BCUT2D eigenvalue weighted by Crippen LogP contribution is -2.09. The molecule has 2 atom stereocenters. The summed E-state index contributed by atoms with van der Waals surface area (Å²) in [7, 11) is 0. The molecule has 78 valence electrons. The summed E-state index contributed by atoms with van der Waals surface area (Å²) in [6.45, 7) is 8.65. The third-order valence-corrected chi connectivity index (χ3v) is 3.08. The third-order valence-electron chi connectivity index (χ3n) is 3.08. The van der Waals surface area contributed by atoms with Gasteiger partial charge in [0.05, 0.1) is 0 Å². The quantitative estimate of drug-likeness (QED) is 0.799. The van der Waals surface area contributed by atoms with Crippen molar-refractivity contribution in [2.45, 2.75) is 40.0 Å². The van der Waals surface area contributed by atoms with E-state index >= 15 is 0 Å². The van der Waals surface area contributed by atoms with Crippen LogP contribution in [0, 0.1) is 12.8 Å². The first-order valence-electron chi connectivity index (χ1n) is 5.29. The van der Waals surface area contributed by atoms with E-state index in [1.807, 2.05) is 13.0 Å². The number of nitrogens with two attached hydrogens (primary N) is 1. The molecule has 0 aromatic carbocycles. The average Bonchev–Trinajstić information content (AvgIpc) is 2.15. The van der Waals surface area contributed by atoms with Gasteiger partial charge in [0.15, 0.2) is 0 Å². The zero-order valence-electron chi connectivity index (χ0n) is 9.54. The molecule has 2 unspecified atom stereocenters. The topological polar surface area (TPSA) is 38.9 Å². The van der Waals surface area contributed by atoms with Crippen LogP contribution in [0.4, 0.5) is 5.82 Å². The van der Waals surface area contributed by atoms with E-state index in [-0.39, 0.29) is 0 Å². The van der Waals surface area contributed by atoms with Crippen LogP contribution >= 0.6 is 0 Å². The van der Waals surface area contributed by atoms with Gasteiger partial charge < -0.3 is 5.73 Å². The number of pyridine rings is 1. The van der Waals surface area contributed by atoms with Gasteiger partial charge >= 0.3 is 0 Å². The summed E-state index contributed by atoms with van der Waals surface area (Å²) in [6.07, 6.45) is 1.18.